The highest BCUT2D eigenvalue weighted by molar-refractivity contribution is 5.81. The van der Waals surface area contributed by atoms with Gasteiger partial charge in [-0.05, 0) is 23.1 Å². The van der Waals surface area contributed by atoms with Gasteiger partial charge in [0.05, 0.1) is 0 Å². The van der Waals surface area contributed by atoms with Crippen LogP contribution < -0.4 is 5.32 Å². The molecule has 0 saturated carbocycles. The molecule has 2 nitrogen and oxygen atoms in total. The molecular weight excluding hydrogens is 196 g/mol. The lowest BCUT2D eigenvalue weighted by atomic mass is 10.1. The van der Waals surface area contributed by atoms with Crippen molar-refractivity contribution in [2.75, 3.05) is 6.54 Å². The fraction of sp³-hybridized carbons (Fsp3) is 0.214. The van der Waals surface area contributed by atoms with Crippen molar-refractivity contribution in [3.63, 3.8) is 0 Å². The summed E-state index contributed by atoms with van der Waals surface area (Å²) in [5.41, 5.74) is 1.27. The van der Waals surface area contributed by atoms with Crippen molar-refractivity contribution in [2.24, 2.45) is 0 Å². The molecule has 1 N–H and O–H groups in total. The number of terminal acetylenes is 1. The van der Waals surface area contributed by atoms with Crippen molar-refractivity contribution in [3.8, 4) is 12.3 Å². The number of aromatic nitrogens is 1. The van der Waals surface area contributed by atoms with Crippen LogP contribution >= 0.6 is 0 Å². The SMILES string of the molecule is C#CCCNCc1ccc2cnccc2c1. The lowest BCUT2D eigenvalue weighted by Crippen LogP contribution is -2.13. The number of pyridine rings is 1. The highest BCUT2D eigenvalue weighted by Gasteiger charge is 1.95. The van der Waals surface area contributed by atoms with E-state index in [1.807, 2.05) is 18.5 Å². The number of hydrogen-bond donors (Lipinski definition) is 1. The number of nitrogens with zero attached hydrogens (tertiary/aromatic N) is 1. The maximum atomic E-state index is 5.19. The van der Waals surface area contributed by atoms with Crippen LogP contribution in [-0.2, 0) is 6.54 Å². The summed E-state index contributed by atoms with van der Waals surface area (Å²) in [6, 6.07) is 8.42. The minimum Gasteiger partial charge on any atom is -0.312 e. The molecule has 0 radical (unpaired) electrons. The molecule has 2 heteroatoms. The molecule has 80 valence electrons. The van der Waals surface area contributed by atoms with E-state index in [-0.39, 0.29) is 0 Å². The fourth-order valence-electron chi connectivity index (χ4n) is 1.64. The predicted octanol–water partition coefficient (Wildman–Crippen LogP) is 2.35. The molecule has 0 spiro atoms. The van der Waals surface area contributed by atoms with E-state index in [1.54, 1.807) is 0 Å². The van der Waals surface area contributed by atoms with Crippen molar-refractivity contribution < 1.29 is 0 Å². The van der Waals surface area contributed by atoms with Crippen molar-refractivity contribution in [1.82, 2.24) is 10.3 Å². The first kappa shape index (κ1) is 10.7. The second-order valence-corrected chi connectivity index (χ2v) is 3.69. The maximum absolute atomic E-state index is 5.19. The van der Waals surface area contributed by atoms with Crippen molar-refractivity contribution in [3.05, 3.63) is 42.2 Å². The van der Waals surface area contributed by atoms with Gasteiger partial charge in [0.2, 0.25) is 0 Å². The molecule has 2 aromatic rings. The van der Waals surface area contributed by atoms with Crippen LogP contribution in [0.1, 0.15) is 12.0 Å². The Labute approximate surface area is 95.7 Å². The average molecular weight is 210 g/mol. The van der Waals surface area contributed by atoms with Crippen LogP contribution in [0.25, 0.3) is 10.8 Å². The zero-order valence-corrected chi connectivity index (χ0v) is 9.11. The largest absolute Gasteiger partial charge is 0.312 e. The molecule has 0 aliphatic heterocycles. The summed E-state index contributed by atoms with van der Waals surface area (Å²) in [5.74, 6) is 2.61. The zero-order valence-electron chi connectivity index (χ0n) is 9.11. The summed E-state index contributed by atoms with van der Waals surface area (Å²) in [4.78, 5) is 4.09. The van der Waals surface area contributed by atoms with Gasteiger partial charge in [0.1, 0.15) is 0 Å². The molecule has 0 bridgehead atoms. The molecule has 0 amide bonds. The monoisotopic (exact) mass is 210 g/mol. The maximum Gasteiger partial charge on any atom is 0.0346 e. The third-order valence-corrected chi connectivity index (χ3v) is 2.48. The van der Waals surface area contributed by atoms with Crippen LogP contribution in [-0.4, -0.2) is 11.5 Å². The Morgan fingerprint density at radius 2 is 2.19 bits per heavy atom. The molecule has 0 aliphatic carbocycles. The number of nitrogens with one attached hydrogen (secondary N) is 1. The normalized spacial score (nSPS) is 10.2. The van der Waals surface area contributed by atoms with E-state index in [4.69, 9.17) is 6.42 Å². The van der Waals surface area contributed by atoms with E-state index in [0.717, 1.165) is 19.5 Å². The summed E-state index contributed by atoms with van der Waals surface area (Å²) >= 11 is 0. The molecule has 0 unspecified atom stereocenters. The molecular formula is C14H14N2. The first-order chi connectivity index (χ1) is 7.90. The van der Waals surface area contributed by atoms with Crippen LogP contribution in [0.4, 0.5) is 0 Å². The molecule has 2 rings (SSSR count). The lowest BCUT2D eigenvalue weighted by Gasteiger charge is -2.04. The van der Waals surface area contributed by atoms with Gasteiger partial charge < -0.3 is 5.32 Å². The third kappa shape index (κ3) is 2.59. The quantitative estimate of drug-likeness (QED) is 0.619. The Morgan fingerprint density at radius 3 is 3.06 bits per heavy atom. The standard InChI is InChI=1S/C14H14N2/c1-2-3-7-15-10-12-4-5-14-11-16-8-6-13(14)9-12/h1,4-6,8-9,11,15H,3,7,10H2. The number of fused-ring (bicyclic) bond motifs is 1. The summed E-state index contributed by atoms with van der Waals surface area (Å²) in [5, 5.41) is 5.71. The van der Waals surface area contributed by atoms with E-state index < -0.39 is 0 Å². The van der Waals surface area contributed by atoms with Crippen LogP contribution in [0.2, 0.25) is 0 Å². The Hall–Kier alpha value is -1.85. The third-order valence-electron chi connectivity index (χ3n) is 2.48. The summed E-state index contributed by atoms with van der Waals surface area (Å²) in [6.07, 6.45) is 9.66. The first-order valence-corrected chi connectivity index (χ1v) is 5.37. The minimum atomic E-state index is 0.775. The van der Waals surface area contributed by atoms with Crippen molar-refractivity contribution in [2.45, 2.75) is 13.0 Å². The van der Waals surface area contributed by atoms with Gasteiger partial charge >= 0.3 is 0 Å². The number of benzene rings is 1. The Balaban J connectivity index is 2.05. The molecule has 0 aliphatic rings. The van der Waals surface area contributed by atoms with Gasteiger partial charge in [-0.3, -0.25) is 4.98 Å². The summed E-state index contributed by atoms with van der Waals surface area (Å²) < 4.78 is 0. The van der Waals surface area contributed by atoms with E-state index in [0.29, 0.717) is 0 Å². The van der Waals surface area contributed by atoms with E-state index in [1.165, 1.54) is 16.3 Å². The Morgan fingerprint density at radius 1 is 1.25 bits per heavy atom. The first-order valence-electron chi connectivity index (χ1n) is 5.37. The van der Waals surface area contributed by atoms with Gasteiger partial charge in [-0.15, -0.1) is 12.3 Å². The Kier molecular flexibility index (Phi) is 3.53. The van der Waals surface area contributed by atoms with Crippen molar-refractivity contribution in [1.29, 1.82) is 0 Å². The molecule has 1 heterocycles. The lowest BCUT2D eigenvalue weighted by molar-refractivity contribution is 0.702. The van der Waals surface area contributed by atoms with Gasteiger partial charge in [0, 0.05) is 37.3 Å². The zero-order chi connectivity index (χ0) is 11.2. The number of rotatable bonds is 4. The minimum absolute atomic E-state index is 0.775. The molecule has 16 heavy (non-hydrogen) atoms. The molecule has 1 aromatic heterocycles. The van der Waals surface area contributed by atoms with Gasteiger partial charge in [-0.25, -0.2) is 0 Å². The molecule has 1 aromatic carbocycles. The highest BCUT2D eigenvalue weighted by atomic mass is 14.8. The fourth-order valence-corrected chi connectivity index (χ4v) is 1.64. The van der Waals surface area contributed by atoms with E-state index in [9.17, 15) is 0 Å². The van der Waals surface area contributed by atoms with Gasteiger partial charge in [0.25, 0.3) is 0 Å². The average Bonchev–Trinajstić information content (AvgIpc) is 2.34. The summed E-state index contributed by atoms with van der Waals surface area (Å²) in [6.45, 7) is 1.73. The van der Waals surface area contributed by atoms with Crippen LogP contribution in [0.3, 0.4) is 0 Å². The van der Waals surface area contributed by atoms with E-state index >= 15 is 0 Å². The van der Waals surface area contributed by atoms with Crippen LogP contribution in [0.15, 0.2) is 36.7 Å². The second-order valence-electron chi connectivity index (χ2n) is 3.69. The van der Waals surface area contributed by atoms with Crippen LogP contribution in [0.5, 0.6) is 0 Å². The molecule has 0 atom stereocenters. The van der Waals surface area contributed by atoms with Crippen LogP contribution in [0, 0.1) is 12.3 Å². The second kappa shape index (κ2) is 5.29. The van der Waals surface area contributed by atoms with E-state index in [2.05, 4.69) is 34.4 Å². The topological polar surface area (TPSA) is 24.9 Å². The van der Waals surface area contributed by atoms with Gasteiger partial charge in [0.15, 0.2) is 0 Å². The van der Waals surface area contributed by atoms with Crippen molar-refractivity contribution >= 4 is 10.8 Å². The van der Waals surface area contributed by atoms with Gasteiger partial charge in [-0.2, -0.15) is 0 Å². The molecule has 0 fully saturated rings. The smallest absolute Gasteiger partial charge is 0.0346 e. The summed E-state index contributed by atoms with van der Waals surface area (Å²) in [7, 11) is 0. The highest BCUT2D eigenvalue weighted by Crippen LogP contribution is 2.14. The Bertz CT molecular complexity index is 511. The number of hydrogen-bond acceptors (Lipinski definition) is 2. The molecule has 0 saturated heterocycles. The predicted molar refractivity (Wildman–Crippen MR) is 66.9 cm³/mol. The van der Waals surface area contributed by atoms with Gasteiger partial charge in [-0.1, -0.05) is 12.1 Å².